The van der Waals surface area contributed by atoms with Gasteiger partial charge in [0.2, 0.25) is 0 Å². The molecule has 0 fully saturated rings. The van der Waals surface area contributed by atoms with Gasteiger partial charge in [-0.25, -0.2) is 4.98 Å². The minimum absolute atomic E-state index is 0.472. The number of hydrogen-bond acceptors (Lipinski definition) is 4. The van der Waals surface area contributed by atoms with E-state index in [0.717, 1.165) is 25.1 Å². The van der Waals surface area contributed by atoms with Gasteiger partial charge in [-0.3, -0.25) is 4.98 Å². The molecule has 0 radical (unpaired) electrons. The van der Waals surface area contributed by atoms with Crippen LogP contribution < -0.4 is 0 Å². The van der Waals surface area contributed by atoms with Gasteiger partial charge in [-0.1, -0.05) is 0 Å². The zero-order chi connectivity index (χ0) is 13.5. The van der Waals surface area contributed by atoms with Crippen molar-refractivity contribution < 1.29 is 0 Å². The topological polar surface area (TPSA) is 52.8 Å². The van der Waals surface area contributed by atoms with Crippen LogP contribution in [0.1, 0.15) is 16.8 Å². The summed E-state index contributed by atoms with van der Waals surface area (Å²) in [4.78, 5) is 10.2. The van der Waals surface area contributed by atoms with Gasteiger partial charge >= 0.3 is 0 Å². The number of rotatable bonds is 5. The Bertz CT molecular complexity index is 560. The summed E-state index contributed by atoms with van der Waals surface area (Å²) in [6, 6.07) is 9.92. The lowest BCUT2D eigenvalue weighted by Crippen LogP contribution is -2.20. The van der Waals surface area contributed by atoms with E-state index in [1.165, 1.54) is 5.56 Å². The number of hydrogen-bond donors (Lipinski definition) is 0. The molecule has 0 amide bonds. The van der Waals surface area contributed by atoms with Crippen LogP contribution in [-0.2, 0) is 13.0 Å². The summed E-state index contributed by atoms with van der Waals surface area (Å²) in [5.74, 6) is 0. The Morgan fingerprint density at radius 3 is 2.63 bits per heavy atom. The Hall–Kier alpha value is -2.25. The minimum Gasteiger partial charge on any atom is -0.302 e. The van der Waals surface area contributed by atoms with Gasteiger partial charge in [-0.15, -0.1) is 0 Å². The normalized spacial score (nSPS) is 10.4. The summed E-state index contributed by atoms with van der Waals surface area (Å²) < 4.78 is 0. The minimum atomic E-state index is 0.472. The van der Waals surface area contributed by atoms with E-state index >= 15 is 0 Å². The largest absolute Gasteiger partial charge is 0.302 e. The second-order valence-electron chi connectivity index (χ2n) is 4.50. The molecule has 19 heavy (non-hydrogen) atoms. The van der Waals surface area contributed by atoms with Gasteiger partial charge in [0, 0.05) is 31.7 Å². The first-order valence-corrected chi connectivity index (χ1v) is 6.20. The molecule has 0 bridgehead atoms. The van der Waals surface area contributed by atoms with Crippen LogP contribution in [0.4, 0.5) is 0 Å². The Balaban J connectivity index is 1.87. The van der Waals surface area contributed by atoms with Crippen molar-refractivity contribution in [2.45, 2.75) is 13.0 Å². The second-order valence-corrected chi connectivity index (χ2v) is 4.50. The fourth-order valence-electron chi connectivity index (χ4n) is 1.89. The molecule has 2 aromatic rings. The van der Waals surface area contributed by atoms with Crippen molar-refractivity contribution in [3.8, 4) is 6.07 Å². The van der Waals surface area contributed by atoms with Crippen LogP contribution in [0, 0.1) is 11.3 Å². The van der Waals surface area contributed by atoms with Crippen molar-refractivity contribution in [1.82, 2.24) is 14.9 Å². The summed E-state index contributed by atoms with van der Waals surface area (Å²) in [5.41, 5.74) is 2.87. The van der Waals surface area contributed by atoms with E-state index in [0.29, 0.717) is 5.69 Å². The van der Waals surface area contributed by atoms with E-state index in [9.17, 15) is 0 Å². The van der Waals surface area contributed by atoms with Crippen LogP contribution >= 0.6 is 0 Å². The van der Waals surface area contributed by atoms with Gasteiger partial charge in [-0.05, 0) is 48.9 Å². The molecule has 0 spiro atoms. The first kappa shape index (κ1) is 13.2. The lowest BCUT2D eigenvalue weighted by molar-refractivity contribution is 0.331. The number of nitriles is 1. The fourth-order valence-corrected chi connectivity index (χ4v) is 1.89. The summed E-state index contributed by atoms with van der Waals surface area (Å²) in [5, 5.41) is 8.82. The Morgan fingerprint density at radius 1 is 1.16 bits per heavy atom. The first-order valence-electron chi connectivity index (χ1n) is 6.20. The number of aromatic nitrogens is 2. The summed E-state index contributed by atoms with van der Waals surface area (Å²) >= 11 is 0. The molecule has 0 aromatic carbocycles. The first-order chi connectivity index (χ1) is 9.28. The highest BCUT2D eigenvalue weighted by atomic mass is 15.1. The van der Waals surface area contributed by atoms with Crippen molar-refractivity contribution >= 4 is 0 Å². The predicted molar refractivity (Wildman–Crippen MR) is 73.2 cm³/mol. The number of pyridine rings is 2. The molecular formula is C15H16N4. The average molecular weight is 252 g/mol. The molecule has 2 heterocycles. The van der Waals surface area contributed by atoms with E-state index in [1.807, 2.05) is 36.7 Å². The van der Waals surface area contributed by atoms with E-state index in [2.05, 4.69) is 28.0 Å². The Morgan fingerprint density at radius 2 is 1.89 bits per heavy atom. The third kappa shape index (κ3) is 4.16. The van der Waals surface area contributed by atoms with Crippen LogP contribution in [0.3, 0.4) is 0 Å². The quantitative estimate of drug-likeness (QED) is 0.817. The fraction of sp³-hybridized carbons (Fsp3) is 0.267. The maximum absolute atomic E-state index is 8.82. The Labute approximate surface area is 113 Å². The van der Waals surface area contributed by atoms with Gasteiger partial charge in [-0.2, -0.15) is 5.26 Å². The molecule has 0 saturated carbocycles. The zero-order valence-corrected chi connectivity index (χ0v) is 11.0. The molecule has 0 aliphatic heterocycles. The smallest absolute Gasteiger partial charge is 0.140 e. The van der Waals surface area contributed by atoms with Crippen molar-refractivity contribution in [3.63, 3.8) is 0 Å². The van der Waals surface area contributed by atoms with Gasteiger partial charge in [0.1, 0.15) is 11.8 Å². The van der Waals surface area contributed by atoms with E-state index < -0.39 is 0 Å². The highest BCUT2D eigenvalue weighted by Crippen LogP contribution is 2.06. The van der Waals surface area contributed by atoms with Gasteiger partial charge in [0.05, 0.1) is 0 Å². The molecule has 96 valence electrons. The van der Waals surface area contributed by atoms with Crippen molar-refractivity contribution in [3.05, 3.63) is 59.7 Å². The molecule has 0 atom stereocenters. The molecular weight excluding hydrogens is 236 g/mol. The van der Waals surface area contributed by atoms with Crippen molar-refractivity contribution in [1.29, 1.82) is 5.26 Å². The molecule has 4 heteroatoms. The molecule has 4 nitrogen and oxygen atoms in total. The lowest BCUT2D eigenvalue weighted by atomic mass is 10.2. The van der Waals surface area contributed by atoms with E-state index in [-0.39, 0.29) is 0 Å². The highest BCUT2D eigenvalue weighted by Gasteiger charge is 2.02. The standard InChI is InChI=1S/C15H16N4/c1-19(9-5-13-2-6-17-7-3-13)12-14-4-8-18-15(10-14)11-16/h2-4,6-8,10H,5,9,12H2,1H3. The molecule has 0 aliphatic rings. The average Bonchev–Trinajstić information content (AvgIpc) is 2.46. The zero-order valence-electron chi connectivity index (χ0n) is 11.0. The molecule has 0 saturated heterocycles. The SMILES string of the molecule is CN(CCc1ccncc1)Cc1ccnc(C#N)c1. The third-order valence-electron chi connectivity index (χ3n) is 2.92. The molecule has 2 rings (SSSR count). The van der Waals surface area contributed by atoms with Crippen LogP contribution in [0.15, 0.2) is 42.9 Å². The van der Waals surface area contributed by atoms with Crippen LogP contribution in [0.5, 0.6) is 0 Å². The van der Waals surface area contributed by atoms with Crippen LogP contribution in [-0.4, -0.2) is 28.5 Å². The molecule has 0 aliphatic carbocycles. The van der Waals surface area contributed by atoms with Crippen LogP contribution in [0.25, 0.3) is 0 Å². The van der Waals surface area contributed by atoms with Gasteiger partial charge in [0.15, 0.2) is 0 Å². The predicted octanol–water partition coefficient (Wildman–Crippen LogP) is 2.02. The third-order valence-corrected chi connectivity index (χ3v) is 2.92. The van der Waals surface area contributed by atoms with Crippen LogP contribution in [0.2, 0.25) is 0 Å². The van der Waals surface area contributed by atoms with Gasteiger partial charge < -0.3 is 4.90 Å². The molecule has 0 unspecified atom stereocenters. The summed E-state index contributed by atoms with van der Waals surface area (Å²) in [7, 11) is 2.08. The summed E-state index contributed by atoms with van der Waals surface area (Å²) in [6.07, 6.45) is 6.31. The molecule has 2 aromatic heterocycles. The van der Waals surface area contributed by atoms with Crippen molar-refractivity contribution in [2.24, 2.45) is 0 Å². The van der Waals surface area contributed by atoms with E-state index in [1.54, 1.807) is 6.20 Å². The van der Waals surface area contributed by atoms with E-state index in [4.69, 9.17) is 5.26 Å². The molecule has 0 N–H and O–H groups in total. The lowest BCUT2D eigenvalue weighted by Gasteiger charge is -2.16. The highest BCUT2D eigenvalue weighted by molar-refractivity contribution is 5.25. The monoisotopic (exact) mass is 252 g/mol. The second kappa shape index (κ2) is 6.62. The van der Waals surface area contributed by atoms with Crippen molar-refractivity contribution in [2.75, 3.05) is 13.6 Å². The Kier molecular flexibility index (Phi) is 4.60. The maximum Gasteiger partial charge on any atom is 0.140 e. The maximum atomic E-state index is 8.82. The summed E-state index contributed by atoms with van der Waals surface area (Å²) in [6.45, 7) is 1.79. The number of nitrogens with zero attached hydrogens (tertiary/aromatic N) is 4. The number of likely N-dealkylation sites (N-methyl/N-ethyl adjacent to an activating group) is 1. The van der Waals surface area contributed by atoms with Gasteiger partial charge in [0.25, 0.3) is 0 Å².